The van der Waals surface area contributed by atoms with Crippen molar-refractivity contribution < 1.29 is 18.7 Å². The van der Waals surface area contributed by atoms with Gasteiger partial charge in [0.2, 0.25) is 5.91 Å². The van der Waals surface area contributed by atoms with Crippen molar-refractivity contribution in [2.45, 2.75) is 31.6 Å². The number of piperazine rings is 1. The van der Waals surface area contributed by atoms with E-state index in [-0.39, 0.29) is 42.7 Å². The molecule has 2 aliphatic heterocycles. The number of benzene rings is 1. The summed E-state index contributed by atoms with van der Waals surface area (Å²) in [4.78, 5) is 28.0. The van der Waals surface area contributed by atoms with Gasteiger partial charge in [0.05, 0.1) is 12.6 Å². The molecule has 2 saturated heterocycles. The molecule has 0 spiro atoms. The quantitative estimate of drug-likeness (QED) is 0.854. The number of carbonyl (C=O) groups excluding carboxylic acids is 2. The van der Waals surface area contributed by atoms with Gasteiger partial charge in [-0.1, -0.05) is 12.1 Å². The average molecular weight is 372 g/mol. The third kappa shape index (κ3) is 4.68. The molecule has 138 valence electrons. The van der Waals surface area contributed by atoms with Gasteiger partial charge in [0.15, 0.2) is 0 Å². The first kappa shape index (κ1) is 19.6. The number of nitrogens with zero attached hydrogens (tertiary/aromatic N) is 2. The largest absolute Gasteiger partial charge is 0.364 e. The molecule has 1 aromatic carbocycles. The molecule has 2 N–H and O–H groups in total. The number of carbonyl (C=O) groups is 2. The van der Waals surface area contributed by atoms with Crippen LogP contribution < -0.4 is 5.73 Å². The van der Waals surface area contributed by atoms with E-state index in [2.05, 4.69) is 0 Å². The molecule has 0 bridgehead atoms. The minimum atomic E-state index is -0.485. The number of amides is 2. The van der Waals surface area contributed by atoms with E-state index < -0.39 is 6.10 Å². The highest BCUT2D eigenvalue weighted by atomic mass is 35.5. The summed E-state index contributed by atoms with van der Waals surface area (Å²) in [6.07, 6.45) is 0.878. The van der Waals surface area contributed by atoms with Gasteiger partial charge in [-0.2, -0.15) is 0 Å². The van der Waals surface area contributed by atoms with Crippen molar-refractivity contribution in [2.24, 2.45) is 5.73 Å². The molecule has 3 rings (SSSR count). The van der Waals surface area contributed by atoms with Crippen molar-refractivity contribution >= 4 is 24.2 Å². The normalized spacial score (nSPS) is 23.5. The molecular formula is C17H23ClFN3O3. The van der Waals surface area contributed by atoms with E-state index in [9.17, 15) is 14.0 Å². The zero-order valence-corrected chi connectivity index (χ0v) is 14.7. The first-order valence-corrected chi connectivity index (χ1v) is 8.23. The lowest BCUT2D eigenvalue weighted by molar-refractivity contribution is -0.152. The van der Waals surface area contributed by atoms with Crippen LogP contribution in [0.2, 0.25) is 0 Å². The van der Waals surface area contributed by atoms with Crippen molar-refractivity contribution in [3.8, 4) is 0 Å². The molecule has 0 radical (unpaired) electrons. The maximum absolute atomic E-state index is 13.2. The number of ether oxygens (including phenoxy) is 1. The summed E-state index contributed by atoms with van der Waals surface area (Å²) in [5.74, 6) is -0.585. The van der Waals surface area contributed by atoms with Gasteiger partial charge >= 0.3 is 0 Å². The van der Waals surface area contributed by atoms with Crippen LogP contribution in [0.15, 0.2) is 24.3 Å². The summed E-state index contributed by atoms with van der Waals surface area (Å²) in [5, 5.41) is 0. The molecule has 25 heavy (non-hydrogen) atoms. The molecule has 2 amide bonds. The fourth-order valence-electron chi connectivity index (χ4n) is 3.18. The highest BCUT2D eigenvalue weighted by Gasteiger charge is 2.35. The Hall–Kier alpha value is -1.70. The highest BCUT2D eigenvalue weighted by Crippen LogP contribution is 2.21. The van der Waals surface area contributed by atoms with E-state index in [0.717, 1.165) is 12.0 Å². The second-order valence-electron chi connectivity index (χ2n) is 6.26. The number of halogens is 2. The number of hydrogen-bond donors (Lipinski definition) is 1. The Morgan fingerprint density at radius 3 is 2.76 bits per heavy atom. The minimum absolute atomic E-state index is 0. The topological polar surface area (TPSA) is 75.9 Å². The Morgan fingerprint density at radius 1 is 1.32 bits per heavy atom. The summed E-state index contributed by atoms with van der Waals surface area (Å²) >= 11 is 0. The first-order chi connectivity index (χ1) is 11.6. The van der Waals surface area contributed by atoms with Crippen molar-refractivity contribution in [3.63, 3.8) is 0 Å². The molecule has 0 unspecified atom stereocenters. The van der Waals surface area contributed by atoms with Crippen molar-refractivity contribution in [2.75, 3.05) is 26.2 Å². The van der Waals surface area contributed by atoms with Gasteiger partial charge in [-0.3, -0.25) is 9.59 Å². The smallest absolute Gasteiger partial charge is 0.252 e. The van der Waals surface area contributed by atoms with Crippen molar-refractivity contribution in [1.29, 1.82) is 0 Å². The van der Waals surface area contributed by atoms with E-state index in [4.69, 9.17) is 10.5 Å². The number of rotatable bonds is 4. The Morgan fingerprint density at radius 2 is 2.12 bits per heavy atom. The van der Waals surface area contributed by atoms with Gasteiger partial charge < -0.3 is 20.3 Å². The predicted octanol–water partition coefficient (Wildman–Crippen LogP) is 0.925. The van der Waals surface area contributed by atoms with E-state index >= 15 is 0 Å². The van der Waals surface area contributed by atoms with Crippen molar-refractivity contribution in [1.82, 2.24) is 9.80 Å². The molecule has 0 aromatic heterocycles. The summed E-state index contributed by atoms with van der Waals surface area (Å²) in [6.45, 7) is 1.71. The maximum atomic E-state index is 13.2. The minimum Gasteiger partial charge on any atom is -0.364 e. The SMILES string of the molecule is Cl.NC[C@H]1CC[C@@H](C(=O)N2CCN(Cc3cccc(F)c3)C(=O)C2)O1. The van der Waals surface area contributed by atoms with Gasteiger partial charge in [0.25, 0.3) is 5.91 Å². The lowest BCUT2D eigenvalue weighted by Gasteiger charge is -2.35. The Labute approximate surface area is 152 Å². The summed E-state index contributed by atoms with van der Waals surface area (Å²) in [7, 11) is 0. The molecular weight excluding hydrogens is 349 g/mol. The fourth-order valence-corrected chi connectivity index (χ4v) is 3.18. The van der Waals surface area contributed by atoms with E-state index in [1.54, 1.807) is 21.9 Å². The lowest BCUT2D eigenvalue weighted by atomic mass is 10.1. The van der Waals surface area contributed by atoms with Crippen LogP contribution in [-0.2, 0) is 20.9 Å². The van der Waals surface area contributed by atoms with Gasteiger partial charge in [0.1, 0.15) is 11.9 Å². The maximum Gasteiger partial charge on any atom is 0.252 e. The Kier molecular flexibility index (Phi) is 6.75. The molecule has 2 aliphatic rings. The molecule has 0 saturated carbocycles. The van der Waals surface area contributed by atoms with Crippen LogP contribution in [0.4, 0.5) is 4.39 Å². The molecule has 2 atom stereocenters. The second kappa shape index (κ2) is 8.60. The van der Waals surface area contributed by atoms with Crippen LogP contribution in [0.1, 0.15) is 18.4 Å². The molecule has 6 nitrogen and oxygen atoms in total. The number of hydrogen-bond acceptors (Lipinski definition) is 4. The Balaban J connectivity index is 0.00000225. The van der Waals surface area contributed by atoms with Gasteiger partial charge in [0, 0.05) is 26.2 Å². The van der Waals surface area contributed by atoms with E-state index in [1.165, 1.54) is 12.1 Å². The second-order valence-corrected chi connectivity index (χ2v) is 6.26. The molecule has 2 heterocycles. The Bertz CT molecular complexity index is 631. The van der Waals surface area contributed by atoms with Gasteiger partial charge in [-0.25, -0.2) is 4.39 Å². The highest BCUT2D eigenvalue weighted by molar-refractivity contribution is 5.88. The molecule has 8 heteroatoms. The number of nitrogens with two attached hydrogens (primary N) is 1. The zero-order valence-electron chi connectivity index (χ0n) is 13.9. The molecule has 2 fully saturated rings. The monoisotopic (exact) mass is 371 g/mol. The molecule has 1 aromatic rings. The van der Waals surface area contributed by atoms with Gasteiger partial charge in [-0.05, 0) is 30.5 Å². The van der Waals surface area contributed by atoms with E-state index in [1.807, 2.05) is 0 Å². The fraction of sp³-hybridized carbons (Fsp3) is 0.529. The van der Waals surface area contributed by atoms with Gasteiger partial charge in [-0.15, -0.1) is 12.4 Å². The van der Waals surface area contributed by atoms with Crippen LogP contribution in [0.3, 0.4) is 0 Å². The third-order valence-electron chi connectivity index (χ3n) is 4.54. The average Bonchev–Trinajstić information content (AvgIpc) is 3.05. The van der Waals surface area contributed by atoms with Crippen LogP contribution in [0, 0.1) is 5.82 Å². The predicted molar refractivity (Wildman–Crippen MR) is 92.6 cm³/mol. The van der Waals surface area contributed by atoms with Crippen molar-refractivity contribution in [3.05, 3.63) is 35.6 Å². The zero-order chi connectivity index (χ0) is 17.1. The standard InChI is InChI=1S/C17H22FN3O3.ClH/c18-13-3-1-2-12(8-13)10-20-6-7-21(11-16(20)22)17(23)15-5-4-14(9-19)24-15;/h1-3,8,14-15H,4-7,9-11,19H2;1H/t14-,15+;/m1./s1. The third-order valence-corrected chi connectivity index (χ3v) is 4.54. The summed E-state index contributed by atoms with van der Waals surface area (Å²) < 4.78 is 18.9. The van der Waals surface area contributed by atoms with E-state index in [0.29, 0.717) is 32.6 Å². The summed E-state index contributed by atoms with van der Waals surface area (Å²) in [6, 6.07) is 6.20. The van der Waals surface area contributed by atoms with Crippen LogP contribution >= 0.6 is 12.4 Å². The van der Waals surface area contributed by atoms with Crippen LogP contribution in [0.25, 0.3) is 0 Å². The summed E-state index contributed by atoms with van der Waals surface area (Å²) in [5.41, 5.74) is 6.30. The van der Waals surface area contributed by atoms with Crippen LogP contribution in [0.5, 0.6) is 0 Å². The lowest BCUT2D eigenvalue weighted by Crippen LogP contribution is -2.54. The first-order valence-electron chi connectivity index (χ1n) is 8.23. The molecule has 0 aliphatic carbocycles. The van der Waals surface area contributed by atoms with Crippen LogP contribution in [-0.4, -0.2) is 60.0 Å².